The topological polar surface area (TPSA) is 67.7 Å². The van der Waals surface area contributed by atoms with Crippen molar-refractivity contribution in [1.29, 1.82) is 0 Å². The summed E-state index contributed by atoms with van der Waals surface area (Å²) in [4.78, 5) is 8.74. The molecule has 0 radical (unpaired) electrons. The van der Waals surface area contributed by atoms with Gasteiger partial charge < -0.3 is 10.6 Å². The quantitative estimate of drug-likeness (QED) is 0.717. The van der Waals surface area contributed by atoms with Crippen molar-refractivity contribution in [1.82, 2.24) is 25.1 Å². The Labute approximate surface area is 161 Å². The van der Waals surface area contributed by atoms with Crippen LogP contribution in [0.1, 0.15) is 6.42 Å². The molecule has 28 heavy (non-hydrogen) atoms. The molecule has 0 bridgehead atoms. The van der Waals surface area contributed by atoms with Gasteiger partial charge in [-0.15, -0.1) is 0 Å². The van der Waals surface area contributed by atoms with Crippen molar-refractivity contribution in [3.63, 3.8) is 0 Å². The second-order valence-corrected chi connectivity index (χ2v) is 6.88. The van der Waals surface area contributed by atoms with Crippen molar-refractivity contribution in [2.24, 2.45) is 5.92 Å². The molecule has 0 amide bonds. The molecular formula is C21H19FN6. The Morgan fingerprint density at radius 2 is 1.96 bits per heavy atom. The Kier molecular flexibility index (Phi) is 4.12. The van der Waals surface area contributed by atoms with E-state index in [-0.39, 0.29) is 5.82 Å². The molecule has 5 rings (SSSR count). The molecule has 6 nitrogen and oxygen atoms in total. The molecule has 0 saturated heterocycles. The third kappa shape index (κ3) is 2.94. The Hall–Kier alpha value is -3.48. The number of rotatable bonds is 5. The fourth-order valence-corrected chi connectivity index (χ4v) is 3.74. The van der Waals surface area contributed by atoms with Crippen LogP contribution in [0.3, 0.4) is 0 Å². The molecule has 0 spiro atoms. The van der Waals surface area contributed by atoms with E-state index in [1.54, 1.807) is 23.0 Å². The van der Waals surface area contributed by atoms with E-state index in [1.807, 2.05) is 0 Å². The maximum atomic E-state index is 13.2. The zero-order valence-electron chi connectivity index (χ0n) is 15.1. The van der Waals surface area contributed by atoms with Crippen molar-refractivity contribution in [2.45, 2.75) is 12.5 Å². The van der Waals surface area contributed by atoms with E-state index in [0.717, 1.165) is 29.9 Å². The lowest BCUT2D eigenvalue weighted by Gasteiger charge is -2.19. The molecule has 0 saturated carbocycles. The van der Waals surface area contributed by atoms with Crippen LogP contribution in [0.5, 0.6) is 0 Å². The van der Waals surface area contributed by atoms with Crippen LogP contribution in [-0.4, -0.2) is 32.3 Å². The van der Waals surface area contributed by atoms with Gasteiger partial charge >= 0.3 is 0 Å². The molecule has 2 aliphatic rings. The summed E-state index contributed by atoms with van der Waals surface area (Å²) in [7, 11) is 0. The van der Waals surface area contributed by atoms with Crippen LogP contribution < -0.4 is 10.6 Å². The van der Waals surface area contributed by atoms with E-state index in [0.29, 0.717) is 17.6 Å². The monoisotopic (exact) mass is 374 g/mol. The lowest BCUT2D eigenvalue weighted by molar-refractivity contribution is 0.620. The fraction of sp³-hybridized carbons (Fsp3) is 0.190. The highest BCUT2D eigenvalue weighted by Gasteiger charge is 2.26. The number of hydrogen-bond donors (Lipinski definition) is 2. The maximum absolute atomic E-state index is 13.2. The number of benzene rings is 1. The highest BCUT2D eigenvalue weighted by atomic mass is 19.1. The van der Waals surface area contributed by atoms with Gasteiger partial charge in [0.1, 0.15) is 18.0 Å². The summed E-state index contributed by atoms with van der Waals surface area (Å²) in [6, 6.07) is 6.56. The van der Waals surface area contributed by atoms with Crippen molar-refractivity contribution < 1.29 is 4.39 Å². The summed E-state index contributed by atoms with van der Waals surface area (Å²) < 4.78 is 14.9. The molecule has 7 heteroatoms. The van der Waals surface area contributed by atoms with Crippen molar-refractivity contribution in [3.05, 3.63) is 78.7 Å². The number of halogens is 1. The first-order chi connectivity index (χ1) is 13.8. The number of nitrogens with one attached hydrogen (secondary N) is 2. The molecule has 1 aliphatic heterocycles. The van der Waals surface area contributed by atoms with Gasteiger partial charge in [0.15, 0.2) is 5.65 Å². The predicted molar refractivity (Wildman–Crippen MR) is 107 cm³/mol. The average Bonchev–Trinajstić information content (AvgIpc) is 3.34. The summed E-state index contributed by atoms with van der Waals surface area (Å²) in [6.07, 6.45) is 14.9. The Morgan fingerprint density at radius 3 is 2.86 bits per heavy atom. The van der Waals surface area contributed by atoms with Gasteiger partial charge in [-0.1, -0.05) is 24.3 Å². The molecule has 140 valence electrons. The Bertz CT molecular complexity index is 1100. The molecule has 2 N–H and O–H groups in total. The van der Waals surface area contributed by atoms with E-state index in [2.05, 4.69) is 56.2 Å². The highest BCUT2D eigenvalue weighted by molar-refractivity contribution is 5.87. The first kappa shape index (κ1) is 16.7. The van der Waals surface area contributed by atoms with E-state index in [4.69, 9.17) is 0 Å². The van der Waals surface area contributed by atoms with Crippen LogP contribution in [0.2, 0.25) is 0 Å². The molecule has 1 aliphatic carbocycles. The van der Waals surface area contributed by atoms with Gasteiger partial charge in [-0.05, 0) is 42.5 Å². The van der Waals surface area contributed by atoms with Gasteiger partial charge in [0.25, 0.3) is 0 Å². The van der Waals surface area contributed by atoms with Crippen molar-refractivity contribution in [2.75, 3.05) is 11.9 Å². The summed E-state index contributed by atoms with van der Waals surface area (Å²) in [5.74, 6) is 0.900. The first-order valence-corrected chi connectivity index (χ1v) is 9.28. The minimum Gasteiger partial charge on any atom is -0.384 e. The maximum Gasteiger partial charge on any atom is 0.168 e. The average molecular weight is 374 g/mol. The fourth-order valence-electron chi connectivity index (χ4n) is 3.74. The smallest absolute Gasteiger partial charge is 0.168 e. The van der Waals surface area contributed by atoms with Gasteiger partial charge in [-0.25, -0.2) is 19.0 Å². The second kappa shape index (κ2) is 6.92. The van der Waals surface area contributed by atoms with Gasteiger partial charge in [-0.3, -0.25) is 0 Å². The molecule has 2 atom stereocenters. The summed E-state index contributed by atoms with van der Waals surface area (Å²) in [5, 5.41) is 12.1. The third-order valence-corrected chi connectivity index (χ3v) is 5.17. The van der Waals surface area contributed by atoms with Crippen LogP contribution in [0.4, 0.5) is 10.2 Å². The minimum absolute atomic E-state index is 0.279. The van der Waals surface area contributed by atoms with Gasteiger partial charge in [0.2, 0.25) is 0 Å². The predicted octanol–water partition coefficient (Wildman–Crippen LogP) is 3.35. The molecular weight excluding hydrogens is 355 g/mol. The molecule has 0 fully saturated rings. The normalized spacial score (nSPS) is 20.1. The molecule has 3 aromatic rings. The summed E-state index contributed by atoms with van der Waals surface area (Å²) >= 11 is 0. The highest BCUT2D eigenvalue weighted by Crippen LogP contribution is 2.28. The van der Waals surface area contributed by atoms with Gasteiger partial charge in [0, 0.05) is 12.5 Å². The number of nitrogens with zero attached hydrogens (tertiary/aromatic N) is 4. The van der Waals surface area contributed by atoms with Crippen LogP contribution in [0.25, 0.3) is 16.7 Å². The first-order valence-electron chi connectivity index (χ1n) is 9.28. The van der Waals surface area contributed by atoms with Crippen molar-refractivity contribution in [3.8, 4) is 5.69 Å². The van der Waals surface area contributed by atoms with Crippen LogP contribution in [-0.2, 0) is 0 Å². The Morgan fingerprint density at radius 1 is 1.11 bits per heavy atom. The van der Waals surface area contributed by atoms with E-state index in [1.165, 1.54) is 24.0 Å². The minimum atomic E-state index is -0.279. The lowest BCUT2D eigenvalue weighted by atomic mass is 9.90. The molecule has 1 aromatic carbocycles. The number of fused-ring (bicyclic) bond motifs is 2. The van der Waals surface area contributed by atoms with Crippen molar-refractivity contribution >= 4 is 16.9 Å². The molecule has 0 unspecified atom stereocenters. The Balaban J connectivity index is 1.32. The van der Waals surface area contributed by atoms with Crippen LogP contribution >= 0.6 is 0 Å². The van der Waals surface area contributed by atoms with E-state index in [9.17, 15) is 4.39 Å². The molecule has 2 aromatic heterocycles. The lowest BCUT2D eigenvalue weighted by Crippen LogP contribution is -2.25. The number of aromatic nitrogens is 4. The largest absolute Gasteiger partial charge is 0.384 e. The number of allylic oxidation sites excluding steroid dienone is 2. The number of anilines is 1. The van der Waals surface area contributed by atoms with E-state index >= 15 is 0 Å². The van der Waals surface area contributed by atoms with Gasteiger partial charge in [-0.2, -0.15) is 5.10 Å². The summed E-state index contributed by atoms with van der Waals surface area (Å²) in [6.45, 7) is 0.766. The summed E-state index contributed by atoms with van der Waals surface area (Å²) in [5.41, 5.74) is 2.82. The SMILES string of the molecule is Fc1ccc(-n2ncc3c(NCCC4=CN[C@@H]5C=CC=C[C@H]45)ncnc32)cc1. The third-order valence-electron chi connectivity index (χ3n) is 5.17. The van der Waals surface area contributed by atoms with Gasteiger partial charge in [0.05, 0.1) is 23.3 Å². The zero-order valence-corrected chi connectivity index (χ0v) is 15.1. The standard InChI is InChI=1S/C21H19FN6/c22-15-5-7-16(8-6-15)28-21-18(12-27-28)20(25-13-26-21)23-10-9-14-11-24-19-4-2-1-3-17(14)19/h1-8,11-13,17,19,24H,9-10H2,(H,23,25,26)/t17-,19-/m1/s1. The number of hydrogen-bond acceptors (Lipinski definition) is 5. The second-order valence-electron chi connectivity index (χ2n) is 6.88. The zero-order chi connectivity index (χ0) is 18.9. The van der Waals surface area contributed by atoms with Crippen LogP contribution in [0.15, 0.2) is 72.9 Å². The van der Waals surface area contributed by atoms with Crippen LogP contribution in [0, 0.1) is 11.7 Å². The molecule has 3 heterocycles. The van der Waals surface area contributed by atoms with E-state index < -0.39 is 0 Å².